The Morgan fingerprint density at radius 1 is 1.50 bits per heavy atom. The van der Waals surface area contributed by atoms with Crippen LogP contribution in [0.1, 0.15) is 25.6 Å². The summed E-state index contributed by atoms with van der Waals surface area (Å²) >= 11 is 0. The second kappa shape index (κ2) is 3.49. The zero-order chi connectivity index (χ0) is 9.14. The van der Waals surface area contributed by atoms with Gasteiger partial charge in [0.05, 0.1) is 11.8 Å². The van der Waals surface area contributed by atoms with Crippen molar-refractivity contribution in [1.82, 2.24) is 10.2 Å². The van der Waals surface area contributed by atoms with Crippen LogP contribution in [-0.2, 0) is 0 Å². The summed E-state index contributed by atoms with van der Waals surface area (Å²) in [5.41, 5.74) is 0.249. The highest BCUT2D eigenvalue weighted by molar-refractivity contribution is 5.03. The number of aliphatic hydroxyl groups excluding tert-OH is 1. The van der Waals surface area contributed by atoms with Gasteiger partial charge in [0.15, 0.2) is 0 Å². The van der Waals surface area contributed by atoms with Crippen LogP contribution in [0.4, 0.5) is 0 Å². The van der Waals surface area contributed by atoms with E-state index in [4.69, 9.17) is 0 Å². The van der Waals surface area contributed by atoms with Crippen LogP contribution in [0.5, 0.6) is 0 Å². The molecule has 1 aromatic heterocycles. The monoisotopic (exact) mass is 168 g/mol. The van der Waals surface area contributed by atoms with Crippen molar-refractivity contribution >= 4 is 0 Å². The lowest BCUT2D eigenvalue weighted by molar-refractivity contribution is 0.121. The summed E-state index contributed by atoms with van der Waals surface area (Å²) in [4.78, 5) is 10.6. The van der Waals surface area contributed by atoms with E-state index < -0.39 is 6.10 Å². The predicted molar refractivity (Wildman–Crippen MR) is 44.7 cm³/mol. The molecule has 1 aromatic rings. The van der Waals surface area contributed by atoms with Crippen molar-refractivity contribution in [2.75, 3.05) is 0 Å². The summed E-state index contributed by atoms with van der Waals surface area (Å²) in [7, 11) is 0. The van der Waals surface area contributed by atoms with Gasteiger partial charge in [-0.1, -0.05) is 13.8 Å². The highest BCUT2D eigenvalue weighted by atomic mass is 16.3. The molecule has 2 N–H and O–H groups in total. The van der Waals surface area contributed by atoms with Crippen molar-refractivity contribution in [1.29, 1.82) is 0 Å². The summed E-state index contributed by atoms with van der Waals surface area (Å²) in [5, 5.41) is 15.5. The predicted octanol–water partition coefficient (Wildman–Crippen LogP) is 0.459. The zero-order valence-corrected chi connectivity index (χ0v) is 7.11. The molecular weight excluding hydrogens is 156 g/mol. The maximum atomic E-state index is 10.6. The van der Waals surface area contributed by atoms with Crippen molar-refractivity contribution in [3.63, 3.8) is 0 Å². The van der Waals surface area contributed by atoms with Crippen LogP contribution in [0.3, 0.4) is 0 Å². The molecule has 0 radical (unpaired) electrons. The molecule has 4 nitrogen and oxygen atoms in total. The second-order valence-corrected chi connectivity index (χ2v) is 3.03. The number of aliphatic hydroxyl groups is 1. The molecular formula is C8H12N2O2. The molecule has 0 aliphatic carbocycles. The minimum atomic E-state index is -0.609. The fraction of sp³-hybridized carbons (Fsp3) is 0.500. The second-order valence-electron chi connectivity index (χ2n) is 3.03. The standard InChI is InChI=1S/C8H12N2O2/c1-5(2)8(12)6-3-4-7(11)10-9-6/h3-5,8,12H,1-2H3,(H,10,11). The highest BCUT2D eigenvalue weighted by Gasteiger charge is 2.12. The number of rotatable bonds is 2. The van der Waals surface area contributed by atoms with Gasteiger partial charge in [0.25, 0.3) is 5.56 Å². The van der Waals surface area contributed by atoms with Gasteiger partial charge in [-0.3, -0.25) is 4.79 Å². The van der Waals surface area contributed by atoms with Crippen molar-refractivity contribution in [3.8, 4) is 0 Å². The quantitative estimate of drug-likeness (QED) is 0.674. The fourth-order valence-electron chi connectivity index (χ4n) is 0.861. The Labute approximate surface area is 70.3 Å². The first kappa shape index (κ1) is 8.93. The molecule has 0 amide bonds. The van der Waals surface area contributed by atoms with Crippen molar-refractivity contribution in [2.45, 2.75) is 20.0 Å². The highest BCUT2D eigenvalue weighted by Crippen LogP contribution is 2.16. The molecule has 0 aromatic carbocycles. The summed E-state index contributed by atoms with van der Waals surface area (Å²) in [6, 6.07) is 2.89. The van der Waals surface area contributed by atoms with Gasteiger partial charge in [-0.05, 0) is 12.0 Å². The van der Waals surface area contributed by atoms with Crippen molar-refractivity contribution < 1.29 is 5.11 Å². The Bertz CT molecular complexity index is 286. The third-order valence-electron chi connectivity index (χ3n) is 1.64. The van der Waals surface area contributed by atoms with E-state index in [1.165, 1.54) is 12.1 Å². The third kappa shape index (κ3) is 1.92. The zero-order valence-electron chi connectivity index (χ0n) is 7.11. The van der Waals surface area contributed by atoms with E-state index in [9.17, 15) is 9.90 Å². The molecule has 0 bridgehead atoms. The Morgan fingerprint density at radius 2 is 2.17 bits per heavy atom. The van der Waals surface area contributed by atoms with Gasteiger partial charge in [-0.25, -0.2) is 5.10 Å². The molecule has 0 spiro atoms. The molecule has 0 fully saturated rings. The van der Waals surface area contributed by atoms with Crippen LogP contribution >= 0.6 is 0 Å². The van der Waals surface area contributed by atoms with E-state index in [-0.39, 0.29) is 11.5 Å². The first-order chi connectivity index (χ1) is 5.61. The molecule has 4 heteroatoms. The first-order valence-corrected chi connectivity index (χ1v) is 3.85. The molecule has 66 valence electrons. The molecule has 0 saturated carbocycles. The number of nitrogens with one attached hydrogen (secondary N) is 1. The summed E-state index contributed by atoms with van der Waals surface area (Å²) in [6.07, 6.45) is -0.609. The van der Waals surface area contributed by atoms with Gasteiger partial charge in [0, 0.05) is 6.07 Å². The van der Waals surface area contributed by atoms with Crippen molar-refractivity contribution in [2.24, 2.45) is 5.92 Å². The number of aromatic amines is 1. The summed E-state index contributed by atoms with van der Waals surface area (Å²) in [6.45, 7) is 3.77. The summed E-state index contributed by atoms with van der Waals surface area (Å²) in [5.74, 6) is 0.100. The Hall–Kier alpha value is -1.16. The van der Waals surface area contributed by atoms with E-state index in [0.29, 0.717) is 5.69 Å². The lowest BCUT2D eigenvalue weighted by Crippen LogP contribution is -2.13. The Balaban J connectivity index is 2.89. The van der Waals surface area contributed by atoms with Gasteiger partial charge in [-0.2, -0.15) is 5.10 Å². The Kier molecular flexibility index (Phi) is 2.60. The molecule has 1 atom stereocenters. The number of H-pyrrole nitrogens is 1. The number of nitrogens with zero attached hydrogens (tertiary/aromatic N) is 1. The number of aromatic nitrogens is 2. The number of hydrogen-bond donors (Lipinski definition) is 2. The van der Waals surface area contributed by atoms with Gasteiger partial charge < -0.3 is 5.11 Å². The van der Waals surface area contributed by atoms with Crippen LogP contribution in [0, 0.1) is 5.92 Å². The van der Waals surface area contributed by atoms with Crippen LogP contribution in [0.25, 0.3) is 0 Å². The van der Waals surface area contributed by atoms with E-state index in [1.807, 2.05) is 13.8 Å². The molecule has 0 aliphatic rings. The van der Waals surface area contributed by atoms with Gasteiger partial charge >= 0.3 is 0 Å². The molecule has 1 unspecified atom stereocenters. The van der Waals surface area contributed by atoms with Crippen LogP contribution in [0.15, 0.2) is 16.9 Å². The van der Waals surface area contributed by atoms with Crippen LogP contribution in [0.2, 0.25) is 0 Å². The molecule has 0 aliphatic heterocycles. The van der Waals surface area contributed by atoms with Crippen LogP contribution < -0.4 is 5.56 Å². The van der Waals surface area contributed by atoms with Gasteiger partial charge in [0.1, 0.15) is 0 Å². The normalized spacial score (nSPS) is 13.3. The molecule has 12 heavy (non-hydrogen) atoms. The van der Waals surface area contributed by atoms with Crippen molar-refractivity contribution in [3.05, 3.63) is 28.2 Å². The van der Waals surface area contributed by atoms with E-state index in [1.54, 1.807) is 0 Å². The largest absolute Gasteiger partial charge is 0.386 e. The maximum absolute atomic E-state index is 10.6. The summed E-state index contributed by atoms with van der Waals surface area (Å²) < 4.78 is 0. The smallest absolute Gasteiger partial charge is 0.264 e. The van der Waals surface area contributed by atoms with E-state index in [2.05, 4.69) is 10.2 Å². The fourth-order valence-corrected chi connectivity index (χ4v) is 0.861. The number of hydrogen-bond acceptors (Lipinski definition) is 3. The lowest BCUT2D eigenvalue weighted by Gasteiger charge is -2.12. The molecule has 1 heterocycles. The van der Waals surface area contributed by atoms with Gasteiger partial charge in [-0.15, -0.1) is 0 Å². The molecule has 0 saturated heterocycles. The first-order valence-electron chi connectivity index (χ1n) is 3.85. The lowest BCUT2D eigenvalue weighted by atomic mass is 10.0. The minimum Gasteiger partial charge on any atom is -0.386 e. The average molecular weight is 168 g/mol. The average Bonchev–Trinajstić information content (AvgIpc) is 2.04. The van der Waals surface area contributed by atoms with E-state index in [0.717, 1.165) is 0 Å². The van der Waals surface area contributed by atoms with Crippen LogP contribution in [-0.4, -0.2) is 15.3 Å². The third-order valence-corrected chi connectivity index (χ3v) is 1.64. The SMILES string of the molecule is CC(C)C(O)c1ccc(=O)[nH]n1. The topological polar surface area (TPSA) is 66.0 Å². The Morgan fingerprint density at radius 3 is 2.58 bits per heavy atom. The minimum absolute atomic E-state index is 0.100. The molecule has 1 rings (SSSR count). The van der Waals surface area contributed by atoms with E-state index >= 15 is 0 Å². The maximum Gasteiger partial charge on any atom is 0.264 e. The van der Waals surface area contributed by atoms with Gasteiger partial charge in [0.2, 0.25) is 0 Å².